The standard InChI is InChI=1S/C20H21Cl2NO2/c1-13-4-2-5-14(10-13)19(15-7-8-17(21)18(22)11-15)23-9-3-6-16(12-23)20(24)25/h2,4-5,7-8,10-11,16,19H,3,6,9,12H2,1H3,(H,24,25). The summed E-state index contributed by atoms with van der Waals surface area (Å²) in [5, 5.41) is 10.5. The van der Waals surface area contributed by atoms with Crippen LogP contribution >= 0.6 is 23.2 Å². The third-order valence-electron chi connectivity index (χ3n) is 4.78. The second-order valence-corrected chi connectivity index (χ2v) is 7.48. The minimum atomic E-state index is -0.721. The van der Waals surface area contributed by atoms with Gasteiger partial charge in [0, 0.05) is 6.54 Å². The lowest BCUT2D eigenvalue weighted by atomic mass is 9.91. The van der Waals surface area contributed by atoms with Crippen LogP contribution in [0.15, 0.2) is 42.5 Å². The number of carboxylic acid groups (broad SMARTS) is 1. The summed E-state index contributed by atoms with van der Waals surface area (Å²) in [6, 6.07) is 14.0. The quantitative estimate of drug-likeness (QED) is 0.796. The first-order chi connectivity index (χ1) is 12.0. The Bertz CT molecular complexity index is 778. The Morgan fingerprint density at radius 1 is 1.16 bits per heavy atom. The number of likely N-dealkylation sites (tertiary alicyclic amines) is 1. The van der Waals surface area contributed by atoms with Crippen molar-refractivity contribution in [3.63, 3.8) is 0 Å². The number of carbonyl (C=O) groups is 1. The van der Waals surface area contributed by atoms with Crippen LogP contribution in [0.2, 0.25) is 10.0 Å². The molecule has 25 heavy (non-hydrogen) atoms. The Hall–Kier alpha value is -1.55. The number of hydrogen-bond acceptors (Lipinski definition) is 2. The van der Waals surface area contributed by atoms with E-state index in [1.165, 1.54) is 5.56 Å². The monoisotopic (exact) mass is 377 g/mol. The van der Waals surface area contributed by atoms with Crippen molar-refractivity contribution in [1.82, 2.24) is 4.90 Å². The summed E-state index contributed by atoms with van der Waals surface area (Å²) >= 11 is 12.3. The van der Waals surface area contributed by atoms with Crippen LogP contribution < -0.4 is 0 Å². The Labute approximate surface area is 158 Å². The predicted octanol–water partition coefficient (Wildman–Crippen LogP) is 5.19. The molecule has 1 aliphatic heterocycles. The van der Waals surface area contributed by atoms with Crippen LogP contribution in [0.3, 0.4) is 0 Å². The average molecular weight is 378 g/mol. The highest BCUT2D eigenvalue weighted by atomic mass is 35.5. The number of hydrogen-bond donors (Lipinski definition) is 1. The topological polar surface area (TPSA) is 40.5 Å². The average Bonchev–Trinajstić information content (AvgIpc) is 2.59. The van der Waals surface area contributed by atoms with Crippen LogP contribution in [-0.4, -0.2) is 29.1 Å². The van der Waals surface area contributed by atoms with Crippen molar-refractivity contribution in [3.8, 4) is 0 Å². The van der Waals surface area contributed by atoms with Gasteiger partial charge in [0.15, 0.2) is 0 Å². The molecule has 0 aliphatic carbocycles. The van der Waals surface area contributed by atoms with Crippen LogP contribution in [0.25, 0.3) is 0 Å². The molecule has 1 heterocycles. The van der Waals surface area contributed by atoms with Gasteiger partial charge in [0.1, 0.15) is 0 Å². The van der Waals surface area contributed by atoms with Crippen molar-refractivity contribution in [2.75, 3.05) is 13.1 Å². The summed E-state index contributed by atoms with van der Waals surface area (Å²) in [6.07, 6.45) is 1.61. The van der Waals surface area contributed by atoms with Gasteiger partial charge in [-0.2, -0.15) is 0 Å². The fourth-order valence-electron chi connectivity index (χ4n) is 3.58. The van der Waals surface area contributed by atoms with Crippen molar-refractivity contribution in [2.24, 2.45) is 5.92 Å². The van der Waals surface area contributed by atoms with Gasteiger partial charge in [-0.05, 0) is 49.6 Å². The van der Waals surface area contributed by atoms with E-state index in [1.807, 2.05) is 18.2 Å². The van der Waals surface area contributed by atoms with Crippen LogP contribution in [0.4, 0.5) is 0 Å². The second-order valence-electron chi connectivity index (χ2n) is 6.66. The van der Waals surface area contributed by atoms with Gasteiger partial charge in [-0.1, -0.05) is 59.1 Å². The van der Waals surface area contributed by atoms with Crippen LogP contribution in [-0.2, 0) is 4.79 Å². The molecule has 1 saturated heterocycles. The molecule has 132 valence electrons. The Morgan fingerprint density at radius 3 is 2.60 bits per heavy atom. The zero-order valence-electron chi connectivity index (χ0n) is 14.1. The van der Waals surface area contributed by atoms with Crippen molar-refractivity contribution in [3.05, 3.63) is 69.2 Å². The maximum atomic E-state index is 11.5. The smallest absolute Gasteiger partial charge is 0.307 e. The van der Waals surface area contributed by atoms with E-state index in [0.29, 0.717) is 16.6 Å². The van der Waals surface area contributed by atoms with E-state index < -0.39 is 5.97 Å². The molecular weight excluding hydrogens is 357 g/mol. The number of benzene rings is 2. The van der Waals surface area contributed by atoms with Gasteiger partial charge < -0.3 is 5.11 Å². The number of piperidine rings is 1. The number of aryl methyl sites for hydroxylation is 1. The van der Waals surface area contributed by atoms with E-state index in [1.54, 1.807) is 6.07 Å². The van der Waals surface area contributed by atoms with Gasteiger partial charge in [0.05, 0.1) is 22.0 Å². The number of nitrogens with zero attached hydrogens (tertiary/aromatic N) is 1. The molecule has 0 amide bonds. The Morgan fingerprint density at radius 2 is 1.92 bits per heavy atom. The minimum absolute atomic E-state index is 0.0307. The molecular formula is C20H21Cl2NO2. The summed E-state index contributed by atoms with van der Waals surface area (Å²) in [4.78, 5) is 13.7. The second kappa shape index (κ2) is 7.77. The van der Waals surface area contributed by atoms with Gasteiger partial charge in [0.25, 0.3) is 0 Å². The van der Waals surface area contributed by atoms with Crippen LogP contribution in [0.1, 0.15) is 35.6 Å². The maximum absolute atomic E-state index is 11.5. The minimum Gasteiger partial charge on any atom is -0.481 e. The normalized spacial score (nSPS) is 19.6. The zero-order valence-corrected chi connectivity index (χ0v) is 15.6. The van der Waals surface area contributed by atoms with E-state index in [0.717, 1.165) is 30.5 Å². The van der Waals surface area contributed by atoms with E-state index in [9.17, 15) is 9.90 Å². The zero-order chi connectivity index (χ0) is 18.0. The molecule has 0 spiro atoms. The lowest BCUT2D eigenvalue weighted by Gasteiger charge is -2.37. The van der Waals surface area contributed by atoms with Crippen LogP contribution in [0.5, 0.6) is 0 Å². The summed E-state index contributed by atoms with van der Waals surface area (Å²) in [5.74, 6) is -1.05. The molecule has 0 aromatic heterocycles. The molecule has 1 N–H and O–H groups in total. The highest BCUT2D eigenvalue weighted by Crippen LogP contribution is 2.35. The van der Waals surface area contributed by atoms with Gasteiger partial charge in [-0.3, -0.25) is 9.69 Å². The fourth-order valence-corrected chi connectivity index (χ4v) is 3.89. The molecule has 3 nitrogen and oxygen atoms in total. The molecule has 0 saturated carbocycles. The summed E-state index contributed by atoms with van der Waals surface area (Å²) in [7, 11) is 0. The largest absolute Gasteiger partial charge is 0.481 e. The molecule has 0 bridgehead atoms. The summed E-state index contributed by atoms with van der Waals surface area (Å²) < 4.78 is 0. The van der Waals surface area contributed by atoms with Gasteiger partial charge in [-0.15, -0.1) is 0 Å². The molecule has 2 atom stereocenters. The lowest BCUT2D eigenvalue weighted by molar-refractivity contribution is -0.143. The number of carboxylic acids is 1. The molecule has 1 fully saturated rings. The Kier molecular flexibility index (Phi) is 5.67. The maximum Gasteiger partial charge on any atom is 0.307 e. The lowest BCUT2D eigenvalue weighted by Crippen LogP contribution is -2.41. The first-order valence-corrected chi connectivity index (χ1v) is 9.19. The van der Waals surface area contributed by atoms with E-state index in [2.05, 4.69) is 30.0 Å². The van der Waals surface area contributed by atoms with Crippen molar-refractivity contribution in [2.45, 2.75) is 25.8 Å². The van der Waals surface area contributed by atoms with Crippen LogP contribution in [0, 0.1) is 12.8 Å². The van der Waals surface area contributed by atoms with E-state index in [4.69, 9.17) is 23.2 Å². The van der Waals surface area contributed by atoms with Gasteiger partial charge in [-0.25, -0.2) is 0 Å². The Balaban J connectivity index is 2.02. The number of halogens is 2. The van der Waals surface area contributed by atoms with E-state index >= 15 is 0 Å². The third-order valence-corrected chi connectivity index (χ3v) is 5.52. The predicted molar refractivity (Wildman–Crippen MR) is 101 cm³/mol. The summed E-state index contributed by atoms with van der Waals surface area (Å²) in [6.45, 7) is 3.46. The molecule has 0 radical (unpaired) electrons. The van der Waals surface area contributed by atoms with Crippen molar-refractivity contribution in [1.29, 1.82) is 0 Å². The highest BCUT2D eigenvalue weighted by molar-refractivity contribution is 6.42. The highest BCUT2D eigenvalue weighted by Gasteiger charge is 2.31. The van der Waals surface area contributed by atoms with Gasteiger partial charge in [0.2, 0.25) is 0 Å². The van der Waals surface area contributed by atoms with Crippen molar-refractivity contribution < 1.29 is 9.90 Å². The molecule has 2 aromatic carbocycles. The molecule has 2 aromatic rings. The number of rotatable bonds is 4. The molecule has 3 rings (SSSR count). The summed E-state index contributed by atoms with van der Waals surface area (Å²) in [5.41, 5.74) is 3.35. The van der Waals surface area contributed by atoms with Gasteiger partial charge >= 0.3 is 5.97 Å². The fraction of sp³-hybridized carbons (Fsp3) is 0.350. The van der Waals surface area contributed by atoms with Crippen molar-refractivity contribution >= 4 is 29.2 Å². The molecule has 1 aliphatic rings. The first kappa shape index (κ1) is 18.2. The SMILES string of the molecule is Cc1cccc(C(c2ccc(Cl)c(Cl)c2)N2CCCC(C(=O)O)C2)c1. The molecule has 5 heteroatoms. The number of aliphatic carboxylic acids is 1. The van der Waals surface area contributed by atoms with E-state index in [-0.39, 0.29) is 12.0 Å². The third kappa shape index (κ3) is 4.17. The molecule has 2 unspecified atom stereocenters. The first-order valence-electron chi connectivity index (χ1n) is 8.44.